The van der Waals surface area contributed by atoms with Gasteiger partial charge in [0.25, 0.3) is 5.91 Å². The summed E-state index contributed by atoms with van der Waals surface area (Å²) in [5.41, 5.74) is 1.81. The lowest BCUT2D eigenvalue weighted by atomic mass is 10.0. The zero-order chi connectivity index (χ0) is 26.0. The van der Waals surface area contributed by atoms with Crippen LogP contribution in [0.4, 0.5) is 4.39 Å². The van der Waals surface area contributed by atoms with Crippen LogP contribution in [0.3, 0.4) is 0 Å². The van der Waals surface area contributed by atoms with Gasteiger partial charge in [0.05, 0.1) is 18.8 Å². The number of hydrogen-bond donors (Lipinski definition) is 1. The molecule has 0 aliphatic rings. The van der Waals surface area contributed by atoms with E-state index in [0.717, 1.165) is 17.2 Å². The van der Waals surface area contributed by atoms with Crippen molar-refractivity contribution in [3.8, 4) is 11.5 Å². The molecule has 4 aromatic rings. The monoisotopic (exact) mass is 561 g/mol. The Morgan fingerprint density at radius 1 is 0.811 bits per heavy atom. The number of Topliss-reactive ketones (excluding diaryl/α,β-unsaturated/α-hetero) is 1. The lowest BCUT2D eigenvalue weighted by Gasteiger charge is -2.19. The van der Waals surface area contributed by atoms with Crippen molar-refractivity contribution in [2.24, 2.45) is 0 Å². The van der Waals surface area contributed by atoms with E-state index in [1.165, 1.54) is 12.1 Å². The molecule has 0 fully saturated rings. The van der Waals surface area contributed by atoms with Crippen molar-refractivity contribution in [2.45, 2.75) is 19.1 Å². The third-order valence-corrected chi connectivity index (χ3v) is 6.24. The molecule has 1 unspecified atom stereocenters. The van der Waals surface area contributed by atoms with Gasteiger partial charge in [0.2, 0.25) is 0 Å². The van der Waals surface area contributed by atoms with Gasteiger partial charge in [-0.3, -0.25) is 9.59 Å². The molecule has 0 radical (unpaired) electrons. The number of carbonyl (C=O) groups is 2. The van der Waals surface area contributed by atoms with Gasteiger partial charge in [-0.05, 0) is 69.5 Å². The van der Waals surface area contributed by atoms with Crippen LogP contribution in [0.25, 0.3) is 0 Å². The average Bonchev–Trinajstić information content (AvgIpc) is 2.91. The molecule has 7 heteroatoms. The number of hydrogen-bond acceptors (Lipinski definition) is 4. The summed E-state index contributed by atoms with van der Waals surface area (Å²) in [6.07, 6.45) is 0.0789. The standard InChI is InChI=1S/C30H25BrFNO4/c31-27-16-13-23(32)18-26(27)30(35)33-28(20-36-19-22-7-3-1-4-8-22)29(34)17-21-11-14-25(15-12-21)37-24-9-5-2-6-10-24/h1-16,18,28H,17,19-20H2,(H,33,35). The van der Waals surface area contributed by atoms with Gasteiger partial charge in [-0.2, -0.15) is 0 Å². The second-order valence-corrected chi connectivity index (χ2v) is 9.21. The topological polar surface area (TPSA) is 64.6 Å². The highest BCUT2D eigenvalue weighted by molar-refractivity contribution is 9.10. The van der Waals surface area contributed by atoms with Crippen molar-refractivity contribution in [1.29, 1.82) is 0 Å². The van der Waals surface area contributed by atoms with Gasteiger partial charge in [0, 0.05) is 10.9 Å². The Morgan fingerprint density at radius 2 is 1.46 bits per heavy atom. The molecule has 0 saturated heterocycles. The summed E-state index contributed by atoms with van der Waals surface area (Å²) in [5, 5.41) is 2.72. The fraction of sp³-hybridized carbons (Fsp3) is 0.133. The average molecular weight is 562 g/mol. The molecule has 0 bridgehead atoms. The smallest absolute Gasteiger partial charge is 0.253 e. The Hall–Kier alpha value is -3.81. The summed E-state index contributed by atoms with van der Waals surface area (Å²) < 4.78 is 25.8. The summed E-state index contributed by atoms with van der Waals surface area (Å²) in [5.74, 6) is 0.0160. The zero-order valence-corrected chi connectivity index (χ0v) is 21.5. The van der Waals surface area contributed by atoms with Crippen LogP contribution in [-0.4, -0.2) is 24.3 Å². The molecule has 37 heavy (non-hydrogen) atoms. The first-order chi connectivity index (χ1) is 18.0. The SMILES string of the molecule is O=C(NC(COCc1ccccc1)C(=O)Cc1ccc(Oc2ccccc2)cc1)c1cc(F)ccc1Br. The van der Waals surface area contributed by atoms with E-state index >= 15 is 0 Å². The molecule has 0 heterocycles. The van der Waals surface area contributed by atoms with Crippen LogP contribution in [0.1, 0.15) is 21.5 Å². The second-order valence-electron chi connectivity index (χ2n) is 8.35. The quantitative estimate of drug-likeness (QED) is 0.227. The fourth-order valence-corrected chi connectivity index (χ4v) is 4.04. The third kappa shape index (κ3) is 7.84. The number of rotatable bonds is 11. The number of benzene rings is 4. The summed E-state index contributed by atoms with van der Waals surface area (Å²) in [7, 11) is 0. The van der Waals surface area contributed by atoms with Crippen molar-refractivity contribution in [2.75, 3.05) is 6.61 Å². The number of nitrogens with one attached hydrogen (secondary N) is 1. The maximum atomic E-state index is 13.7. The molecule has 0 aromatic heterocycles. The zero-order valence-electron chi connectivity index (χ0n) is 19.9. The maximum absolute atomic E-state index is 13.7. The normalized spacial score (nSPS) is 11.5. The third-order valence-electron chi connectivity index (χ3n) is 5.54. The Bertz CT molecular complexity index is 1330. The van der Waals surface area contributed by atoms with Crippen molar-refractivity contribution >= 4 is 27.6 Å². The van der Waals surface area contributed by atoms with E-state index in [1.807, 2.05) is 72.8 Å². The predicted octanol–water partition coefficient (Wildman–Crippen LogP) is 6.51. The van der Waals surface area contributed by atoms with E-state index in [2.05, 4.69) is 21.2 Å². The van der Waals surface area contributed by atoms with Crippen molar-refractivity contribution in [1.82, 2.24) is 5.32 Å². The minimum Gasteiger partial charge on any atom is -0.457 e. The first-order valence-electron chi connectivity index (χ1n) is 11.7. The molecule has 0 saturated carbocycles. The molecule has 4 rings (SSSR count). The number of para-hydroxylation sites is 1. The summed E-state index contributed by atoms with van der Waals surface area (Å²) in [4.78, 5) is 26.1. The van der Waals surface area contributed by atoms with Crippen LogP contribution >= 0.6 is 15.9 Å². The Balaban J connectivity index is 1.43. The van der Waals surface area contributed by atoms with E-state index in [-0.39, 0.29) is 31.0 Å². The van der Waals surface area contributed by atoms with Crippen LogP contribution < -0.4 is 10.1 Å². The van der Waals surface area contributed by atoms with Gasteiger partial charge in [0.1, 0.15) is 23.4 Å². The largest absolute Gasteiger partial charge is 0.457 e. The van der Waals surface area contributed by atoms with Crippen molar-refractivity contribution in [3.63, 3.8) is 0 Å². The Morgan fingerprint density at radius 3 is 2.16 bits per heavy atom. The van der Waals surface area contributed by atoms with E-state index in [1.54, 1.807) is 12.1 Å². The molecule has 1 amide bonds. The molecule has 5 nitrogen and oxygen atoms in total. The highest BCUT2D eigenvalue weighted by Crippen LogP contribution is 2.22. The van der Waals surface area contributed by atoms with Gasteiger partial charge in [-0.15, -0.1) is 0 Å². The summed E-state index contributed by atoms with van der Waals surface area (Å²) in [6, 6.07) is 29.0. The first-order valence-corrected chi connectivity index (χ1v) is 12.5. The van der Waals surface area contributed by atoms with Crippen LogP contribution in [0.15, 0.2) is 108 Å². The van der Waals surface area contributed by atoms with Crippen LogP contribution in [-0.2, 0) is 22.6 Å². The number of carbonyl (C=O) groups excluding carboxylic acids is 2. The minimum atomic E-state index is -0.924. The molecule has 0 spiro atoms. The predicted molar refractivity (Wildman–Crippen MR) is 143 cm³/mol. The number of ether oxygens (including phenoxy) is 2. The lowest BCUT2D eigenvalue weighted by molar-refractivity contribution is -0.121. The molecule has 0 aliphatic heterocycles. The maximum Gasteiger partial charge on any atom is 0.253 e. The summed E-state index contributed by atoms with van der Waals surface area (Å²) in [6.45, 7) is 0.261. The van der Waals surface area contributed by atoms with Gasteiger partial charge in [-0.25, -0.2) is 4.39 Å². The minimum absolute atomic E-state index is 0.0262. The Labute approximate surface area is 223 Å². The molecule has 0 aliphatic carbocycles. The van der Waals surface area contributed by atoms with Gasteiger partial charge in [-0.1, -0.05) is 60.7 Å². The van der Waals surface area contributed by atoms with Gasteiger partial charge >= 0.3 is 0 Å². The molecule has 4 aromatic carbocycles. The van der Waals surface area contributed by atoms with E-state index in [4.69, 9.17) is 9.47 Å². The molecular weight excluding hydrogens is 537 g/mol. The number of amides is 1. The lowest BCUT2D eigenvalue weighted by Crippen LogP contribution is -2.45. The van der Waals surface area contributed by atoms with Crippen molar-refractivity contribution < 1.29 is 23.5 Å². The number of ketones is 1. The van der Waals surface area contributed by atoms with Crippen LogP contribution in [0.2, 0.25) is 0 Å². The number of halogens is 2. The van der Waals surface area contributed by atoms with E-state index in [0.29, 0.717) is 16.0 Å². The van der Waals surface area contributed by atoms with Crippen molar-refractivity contribution in [3.05, 3.63) is 130 Å². The molecular formula is C30H25BrFNO4. The summed E-state index contributed by atoms with van der Waals surface area (Å²) >= 11 is 3.27. The van der Waals surface area contributed by atoms with Crippen LogP contribution in [0.5, 0.6) is 11.5 Å². The molecule has 1 N–H and O–H groups in total. The van der Waals surface area contributed by atoms with E-state index < -0.39 is 17.8 Å². The molecule has 1 atom stereocenters. The van der Waals surface area contributed by atoms with Gasteiger partial charge in [0.15, 0.2) is 5.78 Å². The Kier molecular flexibility index (Phi) is 9.18. The van der Waals surface area contributed by atoms with E-state index in [9.17, 15) is 14.0 Å². The first kappa shape index (κ1) is 26.3. The highest BCUT2D eigenvalue weighted by atomic mass is 79.9. The highest BCUT2D eigenvalue weighted by Gasteiger charge is 2.23. The van der Waals surface area contributed by atoms with Crippen LogP contribution in [0, 0.1) is 5.82 Å². The fourth-order valence-electron chi connectivity index (χ4n) is 3.62. The van der Waals surface area contributed by atoms with Gasteiger partial charge < -0.3 is 14.8 Å². The molecule has 188 valence electrons. The second kappa shape index (κ2) is 12.9.